The monoisotopic (exact) mass is 534 g/mol. The highest BCUT2D eigenvalue weighted by atomic mass is 32.2. The van der Waals surface area contributed by atoms with Crippen LogP contribution >= 0.6 is 0 Å². The average Bonchev–Trinajstić information content (AvgIpc) is 3.32. The van der Waals surface area contributed by atoms with Gasteiger partial charge >= 0.3 is 6.09 Å². The van der Waals surface area contributed by atoms with E-state index in [9.17, 15) is 22.8 Å². The Kier molecular flexibility index (Phi) is 8.99. The maximum Gasteiger partial charge on any atom is 0.408 e. The first kappa shape index (κ1) is 28.6. The van der Waals surface area contributed by atoms with Gasteiger partial charge < -0.3 is 10.1 Å². The molecule has 0 radical (unpaired) electrons. The number of benzene rings is 1. The predicted octanol–water partition coefficient (Wildman–Crippen LogP) is 3.59. The quantitative estimate of drug-likeness (QED) is 0.570. The lowest BCUT2D eigenvalue weighted by Gasteiger charge is -2.31. The van der Waals surface area contributed by atoms with E-state index in [4.69, 9.17) is 4.74 Å². The number of sulfonamides is 1. The smallest absolute Gasteiger partial charge is 0.408 e. The van der Waals surface area contributed by atoms with Crippen LogP contribution in [0.5, 0.6) is 0 Å². The minimum absolute atomic E-state index is 0.0208. The summed E-state index contributed by atoms with van der Waals surface area (Å²) in [5.41, 5.74) is 0.134. The van der Waals surface area contributed by atoms with Crippen molar-refractivity contribution in [3.63, 3.8) is 0 Å². The van der Waals surface area contributed by atoms with Crippen LogP contribution in [0, 0.1) is 12.8 Å². The van der Waals surface area contributed by atoms with E-state index < -0.39 is 45.6 Å². The van der Waals surface area contributed by atoms with Crippen molar-refractivity contribution >= 4 is 34.1 Å². The van der Waals surface area contributed by atoms with Gasteiger partial charge in [0.1, 0.15) is 17.7 Å². The first-order valence-corrected chi connectivity index (χ1v) is 14.2. The van der Waals surface area contributed by atoms with Gasteiger partial charge in [0.15, 0.2) is 0 Å². The first-order chi connectivity index (χ1) is 17.3. The number of likely N-dealkylation sites (N-methyl/N-ethyl adjacent to an activating group) is 1. The topological polar surface area (TPSA) is 125 Å². The van der Waals surface area contributed by atoms with Gasteiger partial charge in [0.05, 0.1) is 4.90 Å². The van der Waals surface area contributed by atoms with Crippen molar-refractivity contribution in [3.8, 4) is 0 Å². The second kappa shape index (κ2) is 11.6. The molecule has 1 aromatic carbocycles. The summed E-state index contributed by atoms with van der Waals surface area (Å²) in [4.78, 5) is 39.5. The number of rotatable bonds is 7. The molecule has 1 heterocycles. The molecule has 1 fully saturated rings. The molecule has 10 nitrogen and oxygen atoms in total. The number of hydrogen-bond donors (Lipinski definition) is 1. The van der Waals surface area contributed by atoms with Crippen molar-refractivity contribution in [2.45, 2.75) is 95.2 Å². The molecule has 1 saturated carbocycles. The Morgan fingerprint density at radius 1 is 1.14 bits per heavy atom. The Labute approximate surface area is 219 Å². The Hall–Kier alpha value is -2.95. The van der Waals surface area contributed by atoms with E-state index in [0.717, 1.165) is 42.7 Å². The molecule has 1 aromatic rings. The van der Waals surface area contributed by atoms with Crippen LogP contribution in [0.15, 0.2) is 34.3 Å². The molecule has 0 bridgehead atoms. The maximum absolute atomic E-state index is 13.6. The fourth-order valence-corrected chi connectivity index (χ4v) is 5.77. The number of carbonyl (C=O) groups is 3. The lowest BCUT2D eigenvalue weighted by molar-refractivity contribution is -0.143. The van der Waals surface area contributed by atoms with Crippen LogP contribution in [0.3, 0.4) is 0 Å². The van der Waals surface area contributed by atoms with Crippen LogP contribution in [-0.4, -0.2) is 66.6 Å². The fraction of sp³-hybridized carbons (Fsp3) is 0.615. The highest BCUT2D eigenvalue weighted by Gasteiger charge is 2.41. The second-order valence-corrected chi connectivity index (χ2v) is 12.8. The zero-order chi connectivity index (χ0) is 27.4. The molecule has 0 spiro atoms. The SMILES string of the molecule is Cc1ccc(S(=O)(=O)N(C)C(=O)C2CC=NN2C(=O)[C@@H](CC2CCCCC2)NC(=O)OC(C)(C)C)cc1. The Morgan fingerprint density at radius 3 is 2.35 bits per heavy atom. The van der Waals surface area contributed by atoms with Crippen molar-refractivity contribution < 1.29 is 27.5 Å². The van der Waals surface area contributed by atoms with Gasteiger partial charge in [-0.1, -0.05) is 49.8 Å². The first-order valence-electron chi connectivity index (χ1n) is 12.7. The van der Waals surface area contributed by atoms with Crippen molar-refractivity contribution in [2.24, 2.45) is 11.0 Å². The number of nitrogens with zero attached hydrogens (tertiary/aromatic N) is 3. The number of hydrazone groups is 1. The maximum atomic E-state index is 13.6. The molecule has 1 aliphatic carbocycles. The molecule has 0 aromatic heterocycles. The predicted molar refractivity (Wildman–Crippen MR) is 139 cm³/mol. The third-order valence-corrected chi connectivity index (χ3v) is 8.38. The molecule has 11 heteroatoms. The van der Waals surface area contributed by atoms with Crippen molar-refractivity contribution in [1.82, 2.24) is 14.6 Å². The molecule has 0 saturated heterocycles. The van der Waals surface area contributed by atoms with Crippen LogP contribution in [0.2, 0.25) is 0 Å². The van der Waals surface area contributed by atoms with Crippen molar-refractivity contribution in [1.29, 1.82) is 0 Å². The summed E-state index contributed by atoms with van der Waals surface area (Å²) in [5, 5.41) is 7.79. The van der Waals surface area contributed by atoms with Crippen LogP contribution in [0.25, 0.3) is 0 Å². The van der Waals surface area contributed by atoms with Crippen LogP contribution in [0.4, 0.5) is 4.79 Å². The van der Waals surface area contributed by atoms with Crippen LogP contribution < -0.4 is 5.32 Å². The third kappa shape index (κ3) is 7.30. The number of aryl methyl sites for hydroxylation is 1. The minimum atomic E-state index is -4.12. The van der Waals surface area contributed by atoms with Crippen molar-refractivity contribution in [2.75, 3.05) is 7.05 Å². The van der Waals surface area contributed by atoms with Gasteiger partial charge in [-0.15, -0.1) is 0 Å². The van der Waals surface area contributed by atoms with E-state index in [2.05, 4.69) is 10.4 Å². The fourth-order valence-electron chi connectivity index (χ4n) is 4.61. The Balaban J connectivity index is 1.79. The van der Waals surface area contributed by atoms with Gasteiger partial charge in [0.25, 0.3) is 21.8 Å². The average molecular weight is 535 g/mol. The molecule has 2 atom stereocenters. The van der Waals surface area contributed by atoms with E-state index in [1.54, 1.807) is 32.9 Å². The number of ether oxygens (including phenoxy) is 1. The standard InChI is InChI=1S/C26H38N4O6S/c1-18-11-13-20(14-12-18)37(34,35)29(5)24(32)22-15-16-27-30(22)23(31)21(17-19-9-7-6-8-10-19)28-25(33)36-26(2,3)4/h11-14,16,19,21-22H,6-10,15,17H2,1-5H3,(H,28,33)/t21-,22?/m1/s1. The summed E-state index contributed by atoms with van der Waals surface area (Å²) >= 11 is 0. The summed E-state index contributed by atoms with van der Waals surface area (Å²) in [6, 6.07) is 4.09. The zero-order valence-corrected chi connectivity index (χ0v) is 23.1. The van der Waals surface area contributed by atoms with Gasteiger partial charge in [0.2, 0.25) is 0 Å². The number of amides is 3. The van der Waals surface area contributed by atoms with E-state index in [1.807, 2.05) is 6.92 Å². The zero-order valence-electron chi connectivity index (χ0n) is 22.3. The van der Waals surface area contributed by atoms with Gasteiger partial charge in [-0.25, -0.2) is 22.5 Å². The summed E-state index contributed by atoms with van der Waals surface area (Å²) in [5.74, 6) is -1.10. The lowest BCUT2D eigenvalue weighted by atomic mass is 9.84. The molecule has 37 heavy (non-hydrogen) atoms. The molecule has 1 N–H and O–H groups in total. The molecule has 1 aliphatic heterocycles. The normalized spacial score (nSPS) is 19.4. The van der Waals surface area contributed by atoms with Crippen LogP contribution in [-0.2, 0) is 24.3 Å². The highest BCUT2D eigenvalue weighted by Crippen LogP contribution is 2.29. The van der Waals surface area contributed by atoms with E-state index >= 15 is 0 Å². The lowest BCUT2D eigenvalue weighted by Crippen LogP contribution is -2.54. The molecule has 3 rings (SSSR count). The summed E-state index contributed by atoms with van der Waals surface area (Å²) < 4.78 is 32.2. The third-order valence-electron chi connectivity index (χ3n) is 6.61. The van der Waals surface area contributed by atoms with Gasteiger partial charge in [-0.05, 0) is 52.2 Å². The number of carbonyl (C=O) groups excluding carboxylic acids is 3. The van der Waals surface area contributed by atoms with E-state index in [0.29, 0.717) is 10.7 Å². The largest absolute Gasteiger partial charge is 0.444 e. The summed E-state index contributed by atoms with van der Waals surface area (Å²) in [6.45, 7) is 7.02. The second-order valence-electron chi connectivity index (χ2n) is 10.8. The number of alkyl carbamates (subject to hydrolysis) is 1. The Bertz CT molecular complexity index is 1120. The summed E-state index contributed by atoms with van der Waals surface area (Å²) in [6.07, 6.45) is 6.30. The molecular formula is C26H38N4O6S. The minimum Gasteiger partial charge on any atom is -0.444 e. The highest BCUT2D eigenvalue weighted by molar-refractivity contribution is 7.89. The number of nitrogens with one attached hydrogen (secondary N) is 1. The van der Waals surface area contributed by atoms with Gasteiger partial charge in [0, 0.05) is 19.7 Å². The molecule has 3 amide bonds. The molecule has 204 valence electrons. The molecule has 2 aliphatic rings. The summed E-state index contributed by atoms with van der Waals surface area (Å²) in [7, 11) is -2.95. The molecular weight excluding hydrogens is 496 g/mol. The Morgan fingerprint density at radius 2 is 1.76 bits per heavy atom. The molecule has 1 unspecified atom stereocenters. The number of hydrogen-bond acceptors (Lipinski definition) is 7. The van der Waals surface area contributed by atoms with Gasteiger partial charge in [-0.3, -0.25) is 9.59 Å². The van der Waals surface area contributed by atoms with Crippen molar-refractivity contribution in [3.05, 3.63) is 29.8 Å². The van der Waals surface area contributed by atoms with E-state index in [-0.39, 0.29) is 17.2 Å². The van der Waals surface area contributed by atoms with E-state index in [1.165, 1.54) is 25.4 Å². The van der Waals surface area contributed by atoms with Crippen LogP contribution in [0.1, 0.15) is 71.3 Å². The van der Waals surface area contributed by atoms with Gasteiger partial charge in [-0.2, -0.15) is 5.10 Å².